The summed E-state index contributed by atoms with van der Waals surface area (Å²) in [7, 11) is 1.43. The Bertz CT molecular complexity index is 317. The maximum atomic E-state index is 10.6. The number of nitrogens with one attached hydrogen (secondary N) is 1. The normalized spacial score (nSPS) is 9.70. The molecule has 0 unspecified atom stereocenters. The molecule has 1 aromatic heterocycles. The van der Waals surface area contributed by atoms with Gasteiger partial charge in [-0.1, -0.05) is 0 Å². The van der Waals surface area contributed by atoms with Crippen LogP contribution < -0.4 is 11.2 Å². The zero-order valence-electron chi connectivity index (χ0n) is 5.29. The quantitative estimate of drug-likeness (QED) is 0.476. The number of hydrogen-bond donors (Lipinski definition) is 2. The van der Waals surface area contributed by atoms with Gasteiger partial charge in [0.05, 0.1) is 6.20 Å². The van der Waals surface area contributed by atoms with Gasteiger partial charge in [0.25, 0.3) is 5.56 Å². The minimum absolute atomic E-state index is 0.456. The summed E-state index contributed by atoms with van der Waals surface area (Å²) in [6.07, 6.45) is 1.06. The number of H-pyrrole nitrogens is 1. The van der Waals surface area contributed by atoms with E-state index in [-0.39, 0.29) is 0 Å². The van der Waals surface area contributed by atoms with Crippen LogP contribution in [0.4, 0.5) is 0 Å². The predicted molar refractivity (Wildman–Crippen MR) is 34.0 cm³/mol. The number of rotatable bonds is 0. The highest BCUT2D eigenvalue weighted by Gasteiger charge is 1.96. The van der Waals surface area contributed by atoms with Crippen LogP contribution >= 0.6 is 0 Å². The lowest BCUT2D eigenvalue weighted by atomic mass is 10.6. The highest BCUT2D eigenvalue weighted by Crippen LogP contribution is 1.89. The van der Waals surface area contributed by atoms with Crippen molar-refractivity contribution in [3.63, 3.8) is 0 Å². The van der Waals surface area contributed by atoms with E-state index in [2.05, 4.69) is 0 Å². The number of aryl methyl sites for hydroxylation is 1. The number of aromatic amines is 1. The van der Waals surface area contributed by atoms with Crippen LogP contribution in [0.1, 0.15) is 0 Å². The van der Waals surface area contributed by atoms with Gasteiger partial charge >= 0.3 is 5.69 Å². The second-order valence-corrected chi connectivity index (χ2v) is 1.88. The molecule has 0 aliphatic heterocycles. The summed E-state index contributed by atoms with van der Waals surface area (Å²) in [6, 6.07) is 0. The molecule has 0 saturated heterocycles. The molecule has 0 aromatic carbocycles. The first-order valence-electron chi connectivity index (χ1n) is 2.60. The third-order valence-corrected chi connectivity index (χ3v) is 1.09. The lowest BCUT2D eigenvalue weighted by Crippen LogP contribution is -2.26. The molecule has 0 amide bonds. The summed E-state index contributed by atoms with van der Waals surface area (Å²) in [4.78, 5) is 23.0. The van der Waals surface area contributed by atoms with Crippen molar-refractivity contribution in [1.29, 1.82) is 0 Å². The van der Waals surface area contributed by atoms with Crippen LogP contribution in [0.25, 0.3) is 0 Å². The molecule has 0 fully saturated rings. The lowest BCUT2D eigenvalue weighted by molar-refractivity contribution is 0.456. The van der Waals surface area contributed by atoms with E-state index in [0.29, 0.717) is 0 Å². The number of aromatic nitrogens is 2. The highest BCUT2D eigenvalue weighted by molar-refractivity contribution is 5.08. The molecule has 0 saturated carbocycles. The van der Waals surface area contributed by atoms with Crippen LogP contribution in [0, 0.1) is 0 Å². The minimum Gasteiger partial charge on any atom is -0.502 e. The van der Waals surface area contributed by atoms with Gasteiger partial charge in [-0.15, -0.1) is 0 Å². The summed E-state index contributed by atoms with van der Waals surface area (Å²) in [6.45, 7) is 0. The molecule has 5 nitrogen and oxygen atoms in total. The fraction of sp³-hybridized carbons (Fsp3) is 0.200. The van der Waals surface area contributed by atoms with Gasteiger partial charge in [-0.25, -0.2) is 4.79 Å². The first-order chi connectivity index (χ1) is 4.61. The number of nitrogens with zero attached hydrogens (tertiary/aromatic N) is 1. The molecule has 1 aromatic rings. The van der Waals surface area contributed by atoms with Crippen LogP contribution in [-0.2, 0) is 7.05 Å². The summed E-state index contributed by atoms with van der Waals surface area (Å²) in [5.41, 5.74) is -1.30. The molecule has 1 heterocycles. The summed E-state index contributed by atoms with van der Waals surface area (Å²) in [5.74, 6) is -0.456. The standard InChI is InChI=1S/C5H6N2O3/c1-7-2-3(8)4(9)6-5(7)10/h2,8H,1H3,(H,6,9,10). The Balaban J connectivity index is 3.59. The zero-order valence-corrected chi connectivity index (χ0v) is 5.29. The second kappa shape index (κ2) is 2.02. The highest BCUT2D eigenvalue weighted by atomic mass is 16.3. The fourth-order valence-corrected chi connectivity index (χ4v) is 0.550. The summed E-state index contributed by atoms with van der Waals surface area (Å²) in [5, 5.41) is 8.72. The fourth-order valence-electron chi connectivity index (χ4n) is 0.550. The van der Waals surface area contributed by atoms with Crippen LogP contribution in [0.3, 0.4) is 0 Å². The number of hydrogen-bond acceptors (Lipinski definition) is 3. The minimum atomic E-state index is -0.761. The van der Waals surface area contributed by atoms with E-state index in [9.17, 15) is 9.59 Å². The Kier molecular flexibility index (Phi) is 1.33. The van der Waals surface area contributed by atoms with Gasteiger partial charge < -0.3 is 5.11 Å². The molecular weight excluding hydrogens is 136 g/mol. The maximum Gasteiger partial charge on any atom is 0.328 e. The van der Waals surface area contributed by atoms with Crippen LogP contribution in [0.15, 0.2) is 15.8 Å². The monoisotopic (exact) mass is 142 g/mol. The van der Waals surface area contributed by atoms with E-state index in [1.165, 1.54) is 7.05 Å². The van der Waals surface area contributed by atoms with E-state index in [1.54, 1.807) is 0 Å². The molecule has 0 spiro atoms. The van der Waals surface area contributed by atoms with E-state index >= 15 is 0 Å². The van der Waals surface area contributed by atoms with Crippen molar-refractivity contribution in [2.45, 2.75) is 0 Å². The van der Waals surface area contributed by atoms with Crippen molar-refractivity contribution in [2.75, 3.05) is 0 Å². The molecule has 1 rings (SSSR count). The third kappa shape index (κ3) is 0.928. The van der Waals surface area contributed by atoms with Gasteiger partial charge in [0.15, 0.2) is 5.75 Å². The first kappa shape index (κ1) is 6.60. The molecule has 54 valence electrons. The molecule has 0 aliphatic rings. The van der Waals surface area contributed by atoms with Gasteiger partial charge in [-0.2, -0.15) is 0 Å². The van der Waals surface area contributed by atoms with Crippen LogP contribution in [0.2, 0.25) is 0 Å². The van der Waals surface area contributed by atoms with Gasteiger partial charge in [-0.05, 0) is 0 Å². The third-order valence-electron chi connectivity index (χ3n) is 1.09. The first-order valence-corrected chi connectivity index (χ1v) is 2.60. The van der Waals surface area contributed by atoms with Crippen LogP contribution in [0.5, 0.6) is 5.75 Å². The lowest BCUT2D eigenvalue weighted by Gasteiger charge is -1.93. The molecule has 5 heteroatoms. The average Bonchev–Trinajstić information content (AvgIpc) is 1.84. The van der Waals surface area contributed by atoms with Gasteiger partial charge in [0, 0.05) is 7.05 Å². The van der Waals surface area contributed by atoms with Crippen LogP contribution in [-0.4, -0.2) is 14.7 Å². The molecule has 0 radical (unpaired) electrons. The molecule has 0 aliphatic carbocycles. The number of aromatic hydroxyl groups is 1. The van der Waals surface area contributed by atoms with E-state index in [4.69, 9.17) is 5.11 Å². The Morgan fingerprint density at radius 2 is 2.20 bits per heavy atom. The van der Waals surface area contributed by atoms with Crippen molar-refractivity contribution < 1.29 is 5.11 Å². The van der Waals surface area contributed by atoms with Crippen molar-refractivity contribution in [3.8, 4) is 5.75 Å². The Morgan fingerprint density at radius 1 is 1.60 bits per heavy atom. The van der Waals surface area contributed by atoms with Crippen molar-refractivity contribution in [1.82, 2.24) is 9.55 Å². The van der Waals surface area contributed by atoms with E-state index < -0.39 is 17.0 Å². The maximum absolute atomic E-state index is 10.6. The smallest absolute Gasteiger partial charge is 0.328 e. The average molecular weight is 142 g/mol. The predicted octanol–water partition coefficient (Wildman–Crippen LogP) is -1.22. The molecule has 2 N–H and O–H groups in total. The molecule has 10 heavy (non-hydrogen) atoms. The Morgan fingerprint density at radius 3 is 2.70 bits per heavy atom. The second-order valence-electron chi connectivity index (χ2n) is 1.88. The summed E-state index contributed by atoms with van der Waals surface area (Å²) < 4.78 is 1.08. The summed E-state index contributed by atoms with van der Waals surface area (Å²) >= 11 is 0. The zero-order chi connectivity index (χ0) is 7.72. The van der Waals surface area contributed by atoms with E-state index in [0.717, 1.165) is 10.8 Å². The van der Waals surface area contributed by atoms with Crippen molar-refractivity contribution in [3.05, 3.63) is 27.0 Å². The van der Waals surface area contributed by atoms with E-state index in [1.807, 2.05) is 4.98 Å². The Hall–Kier alpha value is -1.52. The largest absolute Gasteiger partial charge is 0.502 e. The topological polar surface area (TPSA) is 75.1 Å². The van der Waals surface area contributed by atoms with Crippen molar-refractivity contribution >= 4 is 0 Å². The Labute approximate surface area is 55.6 Å². The van der Waals surface area contributed by atoms with Gasteiger partial charge in [-0.3, -0.25) is 14.3 Å². The molecule has 0 atom stereocenters. The van der Waals surface area contributed by atoms with Gasteiger partial charge in [0.1, 0.15) is 0 Å². The molecular formula is C5H6N2O3. The van der Waals surface area contributed by atoms with Gasteiger partial charge in [0.2, 0.25) is 0 Å². The SMILES string of the molecule is Cn1cc(O)c(=O)[nH]c1=O. The molecule has 0 bridgehead atoms. The van der Waals surface area contributed by atoms with Crippen molar-refractivity contribution in [2.24, 2.45) is 7.05 Å².